The zero-order chi connectivity index (χ0) is 17.8. The topological polar surface area (TPSA) is 48.2 Å². The second kappa shape index (κ2) is 7.80. The molecule has 0 unspecified atom stereocenters. The summed E-state index contributed by atoms with van der Waals surface area (Å²) in [5.74, 6) is 1.21. The van der Waals surface area contributed by atoms with Crippen molar-refractivity contribution in [2.24, 2.45) is 0 Å². The maximum atomic E-state index is 13.0. The number of hydrogen-bond donors (Lipinski definition) is 0. The van der Waals surface area contributed by atoms with Gasteiger partial charge in [-0.3, -0.25) is 0 Å². The van der Waals surface area contributed by atoms with Crippen LogP contribution in [-0.2, 0) is 6.42 Å². The van der Waals surface area contributed by atoms with Crippen LogP contribution in [0.1, 0.15) is 22.9 Å². The number of nitrogens with zero attached hydrogens (tertiary/aromatic N) is 2. The molecule has 0 saturated heterocycles. The molecule has 2 aromatic carbocycles. The van der Waals surface area contributed by atoms with Gasteiger partial charge in [0.05, 0.1) is 23.0 Å². The van der Waals surface area contributed by atoms with Crippen molar-refractivity contribution in [3.63, 3.8) is 0 Å². The molecule has 0 N–H and O–H groups in total. The van der Waals surface area contributed by atoms with Gasteiger partial charge in [-0.1, -0.05) is 23.7 Å². The molecule has 7 heteroatoms. The van der Waals surface area contributed by atoms with Crippen LogP contribution in [0.3, 0.4) is 0 Å². The Morgan fingerprint density at radius 1 is 1.20 bits per heavy atom. The first-order valence-corrected chi connectivity index (χ1v) is 8.50. The van der Waals surface area contributed by atoms with Crippen LogP contribution >= 0.6 is 27.5 Å². The summed E-state index contributed by atoms with van der Waals surface area (Å²) in [5, 5.41) is 8.32. The second-order valence-corrected chi connectivity index (χ2v) is 6.44. The van der Waals surface area contributed by atoms with E-state index < -0.39 is 0 Å². The molecule has 0 amide bonds. The summed E-state index contributed by atoms with van der Waals surface area (Å²) in [6.45, 7) is 0. The highest BCUT2D eigenvalue weighted by molar-refractivity contribution is 9.10. The second-order valence-electron chi connectivity index (χ2n) is 5.18. The van der Waals surface area contributed by atoms with Gasteiger partial charge in [0.15, 0.2) is 0 Å². The average Bonchev–Trinajstić information content (AvgIpc) is 3.02. The predicted octanol–water partition coefficient (Wildman–Crippen LogP) is 5.39. The Morgan fingerprint density at radius 2 is 2.04 bits per heavy atom. The average molecular weight is 424 g/mol. The molecule has 128 valence electrons. The number of hydrogen-bond acceptors (Lipinski definition) is 4. The maximum Gasteiger partial charge on any atom is 0.240 e. The van der Waals surface area contributed by atoms with Crippen molar-refractivity contribution in [1.82, 2.24) is 10.2 Å². The zero-order valence-corrected chi connectivity index (χ0v) is 15.5. The molecule has 3 aromatic rings. The first-order chi connectivity index (χ1) is 12.0. The molecule has 0 fully saturated rings. The van der Waals surface area contributed by atoms with Crippen molar-refractivity contribution >= 4 is 39.7 Å². The Bertz CT molecular complexity index is 927. The molecule has 1 aromatic heterocycles. The molecular formula is C18H13BrClFN2O2. The monoisotopic (exact) mass is 422 g/mol. The number of aromatic nitrogens is 2. The van der Waals surface area contributed by atoms with Gasteiger partial charge in [-0.2, -0.15) is 0 Å². The summed E-state index contributed by atoms with van der Waals surface area (Å²) >= 11 is 9.42. The van der Waals surface area contributed by atoms with E-state index in [0.717, 1.165) is 15.8 Å². The van der Waals surface area contributed by atoms with E-state index in [-0.39, 0.29) is 5.82 Å². The lowest BCUT2D eigenvalue weighted by Crippen LogP contribution is -1.90. The summed E-state index contributed by atoms with van der Waals surface area (Å²) in [6.07, 6.45) is 3.84. The smallest absolute Gasteiger partial charge is 0.240 e. The number of benzene rings is 2. The number of methoxy groups -OCH3 is 1. The first kappa shape index (κ1) is 17.6. The predicted molar refractivity (Wildman–Crippen MR) is 98.1 cm³/mol. The van der Waals surface area contributed by atoms with E-state index in [1.165, 1.54) is 12.1 Å². The molecule has 0 spiro atoms. The maximum absolute atomic E-state index is 13.0. The lowest BCUT2D eigenvalue weighted by molar-refractivity contribution is 0.412. The Kier molecular flexibility index (Phi) is 5.50. The molecule has 25 heavy (non-hydrogen) atoms. The first-order valence-electron chi connectivity index (χ1n) is 7.33. The van der Waals surface area contributed by atoms with Crippen LogP contribution in [0, 0.1) is 5.82 Å². The van der Waals surface area contributed by atoms with E-state index in [9.17, 15) is 4.39 Å². The van der Waals surface area contributed by atoms with Crippen molar-refractivity contribution in [3.8, 4) is 5.75 Å². The van der Waals surface area contributed by atoms with E-state index in [1.807, 2.05) is 18.2 Å². The van der Waals surface area contributed by atoms with Gasteiger partial charge in [0.1, 0.15) is 11.6 Å². The Morgan fingerprint density at radius 3 is 2.76 bits per heavy atom. The summed E-state index contributed by atoms with van der Waals surface area (Å²) in [6, 6.07) is 9.92. The number of ether oxygens (including phenoxy) is 1. The Hall–Kier alpha value is -2.18. The molecule has 0 aliphatic heterocycles. The highest BCUT2D eigenvalue weighted by Crippen LogP contribution is 2.26. The molecule has 1 heterocycles. The summed E-state index contributed by atoms with van der Waals surface area (Å²) < 4.78 is 24.7. The summed E-state index contributed by atoms with van der Waals surface area (Å²) in [4.78, 5) is 0. The minimum absolute atomic E-state index is 0.319. The normalized spacial score (nSPS) is 11.2. The van der Waals surface area contributed by atoms with Gasteiger partial charge >= 0.3 is 0 Å². The van der Waals surface area contributed by atoms with E-state index in [2.05, 4.69) is 26.1 Å². The third-order valence-electron chi connectivity index (χ3n) is 3.42. The molecule has 0 aliphatic rings. The van der Waals surface area contributed by atoms with Crippen molar-refractivity contribution in [3.05, 3.63) is 74.6 Å². The van der Waals surface area contributed by atoms with Crippen LogP contribution in [-0.4, -0.2) is 17.3 Å². The van der Waals surface area contributed by atoms with E-state index in [1.54, 1.807) is 25.3 Å². The fourth-order valence-electron chi connectivity index (χ4n) is 2.20. The SMILES string of the molecule is COc1ccc(Cc2nnc(/C=C/c3ccc(F)cc3Cl)o2)cc1Br. The minimum Gasteiger partial charge on any atom is -0.496 e. The molecule has 0 aliphatic carbocycles. The lowest BCUT2D eigenvalue weighted by Gasteiger charge is -2.04. The van der Waals surface area contributed by atoms with Crippen LogP contribution in [0.25, 0.3) is 12.2 Å². The van der Waals surface area contributed by atoms with Gasteiger partial charge in [0, 0.05) is 6.08 Å². The van der Waals surface area contributed by atoms with Crippen molar-refractivity contribution < 1.29 is 13.5 Å². The summed E-state index contributed by atoms with van der Waals surface area (Å²) in [5.41, 5.74) is 1.68. The number of halogens is 3. The van der Waals surface area contributed by atoms with E-state index in [4.69, 9.17) is 20.8 Å². The minimum atomic E-state index is -0.382. The lowest BCUT2D eigenvalue weighted by atomic mass is 10.1. The third kappa shape index (κ3) is 4.46. The van der Waals surface area contributed by atoms with E-state index >= 15 is 0 Å². The van der Waals surface area contributed by atoms with Crippen LogP contribution < -0.4 is 4.74 Å². The highest BCUT2D eigenvalue weighted by atomic mass is 79.9. The Labute approximate surface area is 157 Å². The largest absolute Gasteiger partial charge is 0.496 e. The van der Waals surface area contributed by atoms with Gasteiger partial charge in [-0.05, 0) is 57.4 Å². The Balaban J connectivity index is 1.72. The van der Waals surface area contributed by atoms with Crippen LogP contribution in [0.5, 0.6) is 5.75 Å². The molecule has 0 saturated carbocycles. The van der Waals surface area contributed by atoms with Crippen molar-refractivity contribution in [1.29, 1.82) is 0 Å². The molecule has 0 atom stereocenters. The van der Waals surface area contributed by atoms with Gasteiger partial charge in [-0.25, -0.2) is 4.39 Å². The van der Waals surface area contributed by atoms with Crippen LogP contribution in [0.4, 0.5) is 4.39 Å². The number of rotatable bonds is 5. The highest BCUT2D eigenvalue weighted by Gasteiger charge is 2.08. The molecule has 3 rings (SSSR count). The zero-order valence-electron chi connectivity index (χ0n) is 13.2. The van der Waals surface area contributed by atoms with Gasteiger partial charge in [-0.15, -0.1) is 10.2 Å². The van der Waals surface area contributed by atoms with Gasteiger partial charge < -0.3 is 9.15 Å². The van der Waals surface area contributed by atoms with Gasteiger partial charge in [0.2, 0.25) is 11.8 Å². The quantitative estimate of drug-likeness (QED) is 0.552. The molecule has 0 radical (unpaired) electrons. The van der Waals surface area contributed by atoms with Crippen LogP contribution in [0.15, 0.2) is 45.3 Å². The fourth-order valence-corrected chi connectivity index (χ4v) is 3.02. The standard InChI is InChI=1S/C18H13BrClFN2O2/c1-24-16-6-2-11(8-14(16)19)9-18-23-22-17(25-18)7-4-12-3-5-13(21)10-15(12)20/h2-8,10H,9H2,1H3/b7-4+. The van der Waals surface area contributed by atoms with Crippen molar-refractivity contribution in [2.45, 2.75) is 6.42 Å². The third-order valence-corrected chi connectivity index (χ3v) is 4.37. The van der Waals surface area contributed by atoms with Crippen LogP contribution in [0.2, 0.25) is 5.02 Å². The summed E-state index contributed by atoms with van der Waals surface area (Å²) in [7, 11) is 1.61. The molecule has 4 nitrogen and oxygen atoms in total. The molecular weight excluding hydrogens is 411 g/mol. The van der Waals surface area contributed by atoms with E-state index in [0.29, 0.717) is 28.8 Å². The van der Waals surface area contributed by atoms with Gasteiger partial charge in [0.25, 0.3) is 0 Å². The molecule has 0 bridgehead atoms. The van der Waals surface area contributed by atoms with Crippen molar-refractivity contribution in [2.75, 3.05) is 7.11 Å². The fraction of sp³-hybridized carbons (Fsp3) is 0.111.